The van der Waals surface area contributed by atoms with Gasteiger partial charge in [0.15, 0.2) is 0 Å². The molecule has 8 nitrogen and oxygen atoms in total. The number of ether oxygens (including phenoxy) is 1. The molecule has 134 valence electrons. The number of nitro benzene ring substituents is 1. The van der Waals surface area contributed by atoms with Gasteiger partial charge in [-0.1, -0.05) is 0 Å². The number of aliphatic hydroxyl groups is 2. The zero-order valence-electron chi connectivity index (χ0n) is 13.2. The predicted octanol–water partition coefficient (Wildman–Crippen LogP) is 1.79. The minimum Gasteiger partial charge on any atom is -0.444 e. The highest BCUT2D eigenvalue weighted by Gasteiger charge is 2.31. The standard InChI is InChI=1S/C14H18F2N2O6/c1-14(2,3)24-13(21)17-6-10(19)12(20)8-4-7(15)5-9(16)11(8)18(22)23/h4-5,10,12,19-20H,6H2,1-3H3,(H,17,21). The van der Waals surface area contributed by atoms with E-state index in [0.29, 0.717) is 12.1 Å². The molecule has 0 saturated heterocycles. The van der Waals surface area contributed by atoms with Crippen molar-refractivity contribution >= 4 is 11.8 Å². The van der Waals surface area contributed by atoms with Crippen LogP contribution in [0.5, 0.6) is 0 Å². The van der Waals surface area contributed by atoms with Crippen molar-refractivity contribution < 1.29 is 33.4 Å². The number of halogens is 2. The molecule has 0 saturated carbocycles. The number of nitro groups is 1. The summed E-state index contributed by atoms with van der Waals surface area (Å²) >= 11 is 0. The van der Waals surface area contributed by atoms with Crippen molar-refractivity contribution in [2.24, 2.45) is 0 Å². The van der Waals surface area contributed by atoms with Crippen molar-refractivity contribution in [3.63, 3.8) is 0 Å². The molecule has 10 heteroatoms. The maximum absolute atomic E-state index is 13.5. The summed E-state index contributed by atoms with van der Waals surface area (Å²) in [6.45, 7) is 4.27. The van der Waals surface area contributed by atoms with Crippen LogP contribution in [0, 0.1) is 21.7 Å². The van der Waals surface area contributed by atoms with Gasteiger partial charge in [-0.3, -0.25) is 10.1 Å². The molecule has 0 bridgehead atoms. The highest BCUT2D eigenvalue weighted by atomic mass is 19.1. The summed E-state index contributed by atoms with van der Waals surface area (Å²) in [5, 5.41) is 32.8. The summed E-state index contributed by atoms with van der Waals surface area (Å²) < 4.78 is 31.7. The van der Waals surface area contributed by atoms with Gasteiger partial charge in [-0.15, -0.1) is 0 Å². The summed E-state index contributed by atoms with van der Waals surface area (Å²) in [6, 6.07) is 0.836. The topological polar surface area (TPSA) is 122 Å². The first-order valence-corrected chi connectivity index (χ1v) is 6.88. The second-order valence-electron chi connectivity index (χ2n) is 5.98. The van der Waals surface area contributed by atoms with Gasteiger partial charge < -0.3 is 20.3 Å². The van der Waals surface area contributed by atoms with E-state index in [9.17, 15) is 33.9 Å². The van der Waals surface area contributed by atoms with E-state index in [-0.39, 0.29) is 0 Å². The fourth-order valence-corrected chi connectivity index (χ4v) is 1.82. The average Bonchev–Trinajstić information content (AvgIpc) is 2.40. The van der Waals surface area contributed by atoms with Crippen LogP contribution in [-0.4, -0.2) is 39.5 Å². The molecule has 0 radical (unpaired) electrons. The Bertz CT molecular complexity index is 632. The van der Waals surface area contributed by atoms with Crippen molar-refractivity contribution in [1.82, 2.24) is 5.32 Å². The van der Waals surface area contributed by atoms with Gasteiger partial charge >= 0.3 is 11.8 Å². The van der Waals surface area contributed by atoms with Gasteiger partial charge in [0.2, 0.25) is 5.82 Å². The molecule has 0 aliphatic carbocycles. The highest BCUT2D eigenvalue weighted by molar-refractivity contribution is 5.67. The molecule has 0 fully saturated rings. The third-order valence-corrected chi connectivity index (χ3v) is 2.78. The molecule has 0 aliphatic rings. The Hall–Kier alpha value is -2.33. The number of hydrogen-bond acceptors (Lipinski definition) is 6. The minimum atomic E-state index is -1.99. The third-order valence-electron chi connectivity index (χ3n) is 2.78. The normalized spacial score (nSPS) is 14.0. The van der Waals surface area contributed by atoms with Crippen molar-refractivity contribution in [1.29, 1.82) is 0 Å². The van der Waals surface area contributed by atoms with E-state index in [1.807, 2.05) is 0 Å². The molecule has 3 N–H and O–H groups in total. The second-order valence-corrected chi connectivity index (χ2v) is 5.98. The number of nitrogens with zero attached hydrogens (tertiary/aromatic N) is 1. The van der Waals surface area contributed by atoms with Crippen LogP contribution in [0.15, 0.2) is 12.1 Å². The van der Waals surface area contributed by atoms with Gasteiger partial charge in [0.05, 0.1) is 10.5 Å². The number of aliphatic hydroxyl groups excluding tert-OH is 2. The lowest BCUT2D eigenvalue weighted by molar-refractivity contribution is -0.389. The molecule has 0 heterocycles. The Morgan fingerprint density at radius 2 is 1.96 bits per heavy atom. The number of carbonyl (C=O) groups is 1. The number of rotatable bonds is 5. The molecule has 2 atom stereocenters. The number of benzene rings is 1. The van der Waals surface area contributed by atoms with E-state index in [1.165, 1.54) is 0 Å². The first-order chi connectivity index (χ1) is 10.9. The number of amides is 1. The molecule has 1 aromatic rings. The Kier molecular flexibility index (Phi) is 6.16. The monoisotopic (exact) mass is 348 g/mol. The summed E-state index contributed by atoms with van der Waals surface area (Å²) in [5.41, 5.74) is -2.69. The summed E-state index contributed by atoms with van der Waals surface area (Å²) in [6.07, 6.45) is -4.64. The van der Waals surface area contributed by atoms with E-state index in [1.54, 1.807) is 20.8 Å². The van der Waals surface area contributed by atoms with Gasteiger partial charge in [0.25, 0.3) is 0 Å². The lowest BCUT2D eigenvalue weighted by Crippen LogP contribution is -2.39. The highest BCUT2D eigenvalue weighted by Crippen LogP contribution is 2.30. The van der Waals surface area contributed by atoms with Gasteiger partial charge in [-0.25, -0.2) is 9.18 Å². The maximum atomic E-state index is 13.5. The van der Waals surface area contributed by atoms with E-state index in [4.69, 9.17) is 4.74 Å². The van der Waals surface area contributed by atoms with Gasteiger partial charge in [-0.05, 0) is 26.8 Å². The molecular weight excluding hydrogens is 330 g/mol. The molecule has 1 amide bonds. The van der Waals surface area contributed by atoms with Crippen molar-refractivity contribution in [2.75, 3.05) is 6.54 Å². The van der Waals surface area contributed by atoms with Crippen LogP contribution >= 0.6 is 0 Å². The van der Waals surface area contributed by atoms with E-state index in [2.05, 4.69) is 5.32 Å². The van der Waals surface area contributed by atoms with Crippen LogP contribution in [0.4, 0.5) is 19.3 Å². The van der Waals surface area contributed by atoms with Crippen molar-refractivity contribution in [3.05, 3.63) is 39.4 Å². The summed E-state index contributed by atoms with van der Waals surface area (Å²) in [4.78, 5) is 21.2. The fraction of sp³-hybridized carbons (Fsp3) is 0.500. The van der Waals surface area contributed by atoms with E-state index >= 15 is 0 Å². The number of carbonyl (C=O) groups excluding carboxylic acids is 1. The fourth-order valence-electron chi connectivity index (χ4n) is 1.82. The Morgan fingerprint density at radius 3 is 2.46 bits per heavy atom. The van der Waals surface area contributed by atoms with Crippen molar-refractivity contribution in [2.45, 2.75) is 38.6 Å². The lowest BCUT2D eigenvalue weighted by atomic mass is 10.0. The second kappa shape index (κ2) is 7.49. The molecule has 0 aliphatic heterocycles. The quantitative estimate of drug-likeness (QED) is 0.551. The largest absolute Gasteiger partial charge is 0.444 e. The van der Waals surface area contributed by atoms with Gasteiger partial charge in [0.1, 0.15) is 23.6 Å². The molecule has 1 rings (SSSR count). The van der Waals surface area contributed by atoms with E-state index in [0.717, 1.165) is 0 Å². The maximum Gasteiger partial charge on any atom is 0.407 e. The van der Waals surface area contributed by atoms with Crippen LogP contribution in [0.2, 0.25) is 0 Å². The molecule has 2 unspecified atom stereocenters. The number of hydrogen-bond donors (Lipinski definition) is 3. The Morgan fingerprint density at radius 1 is 1.38 bits per heavy atom. The van der Waals surface area contributed by atoms with Crippen LogP contribution < -0.4 is 5.32 Å². The molecule has 0 spiro atoms. The summed E-state index contributed by atoms with van der Waals surface area (Å²) in [5.74, 6) is -2.64. The van der Waals surface area contributed by atoms with Gasteiger partial charge in [0, 0.05) is 12.6 Å². The first kappa shape index (κ1) is 19.7. The van der Waals surface area contributed by atoms with Crippen LogP contribution in [0.25, 0.3) is 0 Å². The van der Waals surface area contributed by atoms with Crippen LogP contribution in [0.3, 0.4) is 0 Å². The van der Waals surface area contributed by atoms with E-state index < -0.39 is 58.3 Å². The molecule has 1 aromatic carbocycles. The minimum absolute atomic E-state index is 0.291. The lowest BCUT2D eigenvalue weighted by Gasteiger charge is -2.22. The average molecular weight is 348 g/mol. The number of nitrogens with one attached hydrogen (secondary N) is 1. The van der Waals surface area contributed by atoms with Gasteiger partial charge in [-0.2, -0.15) is 4.39 Å². The van der Waals surface area contributed by atoms with Crippen molar-refractivity contribution in [3.8, 4) is 0 Å². The zero-order chi connectivity index (χ0) is 18.7. The first-order valence-electron chi connectivity index (χ1n) is 6.88. The molecule has 0 aromatic heterocycles. The Labute approximate surface area is 136 Å². The van der Waals surface area contributed by atoms with Crippen LogP contribution in [-0.2, 0) is 4.74 Å². The Balaban J connectivity index is 2.88. The summed E-state index contributed by atoms with van der Waals surface area (Å²) in [7, 11) is 0. The zero-order valence-corrected chi connectivity index (χ0v) is 13.2. The SMILES string of the molecule is CC(C)(C)OC(=O)NCC(O)C(O)c1cc(F)cc(F)c1[N+](=O)[O-]. The molecular formula is C14H18F2N2O6. The predicted molar refractivity (Wildman–Crippen MR) is 78.2 cm³/mol. The van der Waals surface area contributed by atoms with Crippen LogP contribution in [0.1, 0.15) is 32.4 Å². The third kappa shape index (κ3) is 5.39. The number of alkyl carbamates (subject to hydrolysis) is 1. The smallest absolute Gasteiger partial charge is 0.407 e. The molecule has 24 heavy (non-hydrogen) atoms.